The number of rotatable bonds is 8. The van der Waals surface area contributed by atoms with Crippen LogP contribution < -0.4 is 10.6 Å². The lowest BCUT2D eigenvalue weighted by atomic mass is 9.89. The van der Waals surface area contributed by atoms with E-state index in [-0.39, 0.29) is 39.0 Å². The van der Waals surface area contributed by atoms with Gasteiger partial charge in [-0.2, -0.15) is 13.2 Å². The van der Waals surface area contributed by atoms with Crippen LogP contribution >= 0.6 is 11.3 Å². The molecule has 2 aliphatic carbocycles. The molecule has 0 spiro atoms. The average Bonchev–Trinajstić information content (AvgIpc) is 3.43. The van der Waals surface area contributed by atoms with Gasteiger partial charge in [0.1, 0.15) is 17.6 Å². The number of nitrogens with zero attached hydrogens (tertiary/aromatic N) is 3. The second-order valence-corrected chi connectivity index (χ2v) is 11.4. The van der Waals surface area contributed by atoms with Crippen LogP contribution in [0.3, 0.4) is 0 Å². The highest BCUT2D eigenvalue weighted by Crippen LogP contribution is 2.43. The molecule has 3 fully saturated rings. The Bertz CT molecular complexity index is 1250. The van der Waals surface area contributed by atoms with E-state index >= 15 is 0 Å². The van der Waals surface area contributed by atoms with Crippen molar-refractivity contribution in [3.05, 3.63) is 28.5 Å². The third kappa shape index (κ3) is 5.86. The summed E-state index contributed by atoms with van der Waals surface area (Å²) in [7, 11) is 0. The second-order valence-electron chi connectivity index (χ2n) is 10.4. The molecule has 0 aromatic carbocycles. The number of halogens is 5. The highest BCUT2D eigenvalue weighted by atomic mass is 32.1. The summed E-state index contributed by atoms with van der Waals surface area (Å²) < 4.78 is 69.0. The first-order chi connectivity index (χ1) is 18.4. The van der Waals surface area contributed by atoms with E-state index in [4.69, 9.17) is 0 Å². The predicted octanol–water partition coefficient (Wildman–Crippen LogP) is 4.77. The number of pyridine rings is 1. The lowest BCUT2D eigenvalue weighted by molar-refractivity contribution is -0.146. The van der Waals surface area contributed by atoms with Crippen molar-refractivity contribution in [2.45, 2.75) is 82.3 Å². The molecule has 212 valence electrons. The molecule has 1 saturated heterocycles. The van der Waals surface area contributed by atoms with Crippen molar-refractivity contribution in [2.24, 2.45) is 5.92 Å². The summed E-state index contributed by atoms with van der Waals surface area (Å²) in [5, 5.41) is 14.4. The number of aromatic nitrogens is 2. The molecular weight excluding hydrogens is 545 g/mol. The minimum Gasteiger partial charge on any atom is -0.393 e. The average molecular weight is 574 g/mol. The van der Waals surface area contributed by atoms with Gasteiger partial charge in [-0.3, -0.25) is 9.59 Å². The van der Waals surface area contributed by atoms with Crippen molar-refractivity contribution in [2.75, 3.05) is 11.9 Å². The van der Waals surface area contributed by atoms with Crippen LogP contribution in [-0.4, -0.2) is 68.7 Å². The Hall–Kier alpha value is -2.87. The number of alkyl halides is 5. The first-order valence-corrected chi connectivity index (χ1v) is 13.7. The highest BCUT2D eigenvalue weighted by molar-refractivity contribution is 7.17. The Labute approximate surface area is 225 Å². The van der Waals surface area contributed by atoms with Gasteiger partial charge in [-0.05, 0) is 57.4 Å². The second kappa shape index (κ2) is 10.6. The number of nitrogens with one attached hydrogen (secondary N) is 2. The van der Waals surface area contributed by atoms with Crippen LogP contribution in [-0.2, 0) is 0 Å². The Morgan fingerprint density at radius 1 is 1.21 bits per heavy atom. The van der Waals surface area contributed by atoms with Gasteiger partial charge in [0, 0.05) is 36.0 Å². The van der Waals surface area contributed by atoms with E-state index in [2.05, 4.69) is 20.6 Å². The van der Waals surface area contributed by atoms with E-state index in [9.17, 15) is 36.6 Å². The summed E-state index contributed by atoms with van der Waals surface area (Å²) in [6, 6.07) is -1.42. The molecule has 2 atom stereocenters. The van der Waals surface area contributed by atoms with Crippen LogP contribution in [0.4, 0.5) is 27.8 Å². The van der Waals surface area contributed by atoms with Gasteiger partial charge in [-0.15, -0.1) is 11.3 Å². The molecular formula is C25H28F5N5O3S. The summed E-state index contributed by atoms with van der Waals surface area (Å²) in [6.45, 7) is 2.30. The maximum Gasteiger partial charge on any atom is 0.408 e. The van der Waals surface area contributed by atoms with Crippen molar-refractivity contribution in [3.8, 4) is 10.4 Å². The van der Waals surface area contributed by atoms with E-state index in [0.717, 1.165) is 36.4 Å². The van der Waals surface area contributed by atoms with Crippen LogP contribution in [0.25, 0.3) is 10.4 Å². The fourth-order valence-corrected chi connectivity index (χ4v) is 6.04. The fraction of sp³-hybridized carbons (Fsp3) is 0.600. The van der Waals surface area contributed by atoms with Gasteiger partial charge >= 0.3 is 6.18 Å². The Kier molecular flexibility index (Phi) is 7.53. The quantitative estimate of drug-likeness (QED) is 0.393. The number of likely N-dealkylation sites (tertiary alicyclic amines) is 1. The first-order valence-electron chi connectivity index (χ1n) is 12.8. The number of thiazole rings is 1. The minimum atomic E-state index is -4.57. The molecule has 1 aliphatic heterocycles. The Morgan fingerprint density at radius 2 is 1.92 bits per heavy atom. The zero-order chi connectivity index (χ0) is 28.1. The van der Waals surface area contributed by atoms with Crippen molar-refractivity contribution in [3.63, 3.8) is 0 Å². The van der Waals surface area contributed by atoms with Gasteiger partial charge in [-0.25, -0.2) is 18.7 Å². The van der Waals surface area contributed by atoms with E-state index in [1.807, 2.05) is 6.92 Å². The van der Waals surface area contributed by atoms with Gasteiger partial charge in [0.25, 0.3) is 18.2 Å². The van der Waals surface area contributed by atoms with Crippen LogP contribution in [0, 0.1) is 5.92 Å². The smallest absolute Gasteiger partial charge is 0.393 e. The van der Waals surface area contributed by atoms with Gasteiger partial charge < -0.3 is 20.6 Å². The van der Waals surface area contributed by atoms with Gasteiger partial charge in [0.15, 0.2) is 5.01 Å². The minimum absolute atomic E-state index is 0.00167. The number of hydrogen-bond acceptors (Lipinski definition) is 7. The van der Waals surface area contributed by atoms with E-state index in [0.29, 0.717) is 32.2 Å². The third-order valence-electron chi connectivity index (χ3n) is 7.45. The molecule has 2 aromatic rings. The summed E-state index contributed by atoms with van der Waals surface area (Å²) >= 11 is 0.750. The summed E-state index contributed by atoms with van der Waals surface area (Å²) in [4.78, 5) is 36.1. The maximum absolute atomic E-state index is 14.3. The van der Waals surface area contributed by atoms with Gasteiger partial charge in [0.2, 0.25) is 0 Å². The zero-order valence-electron chi connectivity index (χ0n) is 21.0. The molecule has 0 radical (unpaired) electrons. The van der Waals surface area contributed by atoms with Crippen LogP contribution in [0.2, 0.25) is 0 Å². The Morgan fingerprint density at radius 3 is 2.49 bits per heavy atom. The molecule has 14 heteroatoms. The van der Waals surface area contributed by atoms with Crippen molar-refractivity contribution < 1.29 is 36.6 Å². The van der Waals surface area contributed by atoms with E-state index in [1.165, 1.54) is 0 Å². The van der Waals surface area contributed by atoms with Crippen molar-refractivity contribution in [1.82, 2.24) is 20.2 Å². The molecule has 1 unspecified atom stereocenters. The van der Waals surface area contributed by atoms with E-state index < -0.39 is 48.0 Å². The fourth-order valence-electron chi connectivity index (χ4n) is 5.04. The number of anilines is 1. The molecule has 3 aliphatic rings. The normalized spacial score (nSPS) is 24.0. The topological polar surface area (TPSA) is 107 Å². The van der Waals surface area contributed by atoms with Gasteiger partial charge in [0.05, 0.1) is 11.0 Å². The number of aliphatic hydroxyl groups is 1. The molecule has 2 amide bonds. The molecule has 0 bridgehead atoms. The Balaban J connectivity index is 1.51. The van der Waals surface area contributed by atoms with Crippen LogP contribution in [0.15, 0.2) is 12.3 Å². The standard InChI is InChI=1S/C25H28F5N5O3S/c1-11-3-2-6-35(11)24(38)18-19(39-23(34-18)22(37)32-13-7-14(36)8-13)16-10-31-17(9-15(16)21(26)27)33-20(12-4-5-12)25(28,29)30/h9-14,20-21,36H,2-8H2,1H3,(H,31,33)(H,32,37)/t11-,13?,14?,20?/m0/s1. The molecule has 2 aromatic heterocycles. The zero-order valence-corrected chi connectivity index (χ0v) is 21.8. The summed E-state index contributed by atoms with van der Waals surface area (Å²) in [5.41, 5.74) is -0.968. The predicted molar refractivity (Wildman–Crippen MR) is 133 cm³/mol. The lowest BCUT2D eigenvalue weighted by Gasteiger charge is -2.31. The number of aliphatic hydroxyl groups excluding tert-OH is 1. The van der Waals surface area contributed by atoms with Crippen molar-refractivity contribution >= 4 is 29.0 Å². The maximum atomic E-state index is 14.3. The SMILES string of the molecule is C[C@H]1CCCN1C(=O)c1nc(C(=O)NC2CC(O)C2)sc1-c1cnc(NC(C2CC2)C(F)(F)F)cc1C(F)F. The van der Waals surface area contributed by atoms with Crippen LogP contribution in [0.5, 0.6) is 0 Å². The van der Waals surface area contributed by atoms with Gasteiger partial charge in [-0.1, -0.05) is 0 Å². The lowest BCUT2D eigenvalue weighted by Crippen LogP contribution is -2.46. The number of hydrogen-bond donors (Lipinski definition) is 3. The third-order valence-corrected chi connectivity index (χ3v) is 8.54. The van der Waals surface area contributed by atoms with Crippen LogP contribution in [0.1, 0.15) is 77.7 Å². The molecule has 3 heterocycles. The first kappa shape index (κ1) is 27.7. The highest BCUT2D eigenvalue weighted by Gasteiger charge is 2.49. The molecule has 2 saturated carbocycles. The summed E-state index contributed by atoms with van der Waals surface area (Å²) in [5.74, 6) is -2.12. The summed E-state index contributed by atoms with van der Waals surface area (Å²) in [6.07, 6.45) is -4.17. The number of carbonyl (C=O) groups is 2. The molecule has 5 rings (SSSR count). The number of amides is 2. The van der Waals surface area contributed by atoms with Crippen molar-refractivity contribution in [1.29, 1.82) is 0 Å². The molecule has 39 heavy (non-hydrogen) atoms. The molecule has 8 nitrogen and oxygen atoms in total. The van der Waals surface area contributed by atoms with E-state index in [1.54, 1.807) is 4.90 Å². The number of carbonyl (C=O) groups excluding carboxylic acids is 2. The molecule has 3 N–H and O–H groups in total. The monoisotopic (exact) mass is 573 g/mol. The largest absolute Gasteiger partial charge is 0.408 e.